The maximum Gasteiger partial charge on any atom is 0.418 e. The molecule has 0 aliphatic heterocycles. The van der Waals surface area contributed by atoms with Crippen molar-refractivity contribution in [3.8, 4) is 0 Å². The van der Waals surface area contributed by atoms with E-state index in [2.05, 4.69) is 25.3 Å². The van der Waals surface area contributed by atoms with Gasteiger partial charge in [-0.05, 0) is 6.07 Å². The van der Waals surface area contributed by atoms with Gasteiger partial charge in [0.25, 0.3) is 16.1 Å². The zero-order valence-corrected chi connectivity index (χ0v) is 19.9. The number of hydrogen-bond donors (Lipinski definition) is 3. The first-order chi connectivity index (χ1) is 16.2. The second kappa shape index (κ2) is 10.2. The van der Waals surface area contributed by atoms with Gasteiger partial charge in [0.05, 0.1) is 21.8 Å². The fourth-order valence-electron chi connectivity index (χ4n) is 2.70. The normalized spacial score (nSPS) is 12.7. The van der Waals surface area contributed by atoms with Crippen molar-refractivity contribution in [3.63, 3.8) is 0 Å². The topological polar surface area (TPSA) is 170 Å². The van der Waals surface area contributed by atoms with E-state index >= 15 is 0 Å². The lowest BCUT2D eigenvalue weighted by Crippen LogP contribution is -2.22. The maximum atomic E-state index is 13.0. The number of nitrogens with one attached hydrogen (secondary N) is 2. The summed E-state index contributed by atoms with van der Waals surface area (Å²) in [5.41, 5.74) is -1.21. The van der Waals surface area contributed by atoms with Crippen LogP contribution in [0.1, 0.15) is 50.0 Å². The molecule has 3 heterocycles. The van der Waals surface area contributed by atoms with E-state index in [-0.39, 0.29) is 28.6 Å². The first-order valence-corrected chi connectivity index (χ1v) is 12.1. The zero-order chi connectivity index (χ0) is 26.0. The molecule has 1 atom stereocenters. The summed E-state index contributed by atoms with van der Waals surface area (Å²) >= 11 is 6.46. The molecule has 35 heavy (non-hydrogen) atoms. The zero-order valence-electron chi connectivity index (χ0n) is 17.5. The second-order valence-corrected chi connectivity index (χ2v) is 9.79. The van der Waals surface area contributed by atoms with Crippen LogP contribution in [-0.2, 0) is 16.4 Å². The molecule has 0 aliphatic carbocycles. The van der Waals surface area contributed by atoms with E-state index in [1.165, 1.54) is 6.20 Å². The number of aromatic nitrogens is 4. The van der Waals surface area contributed by atoms with Gasteiger partial charge in [-0.1, -0.05) is 18.5 Å². The summed E-state index contributed by atoms with van der Waals surface area (Å²) in [5.74, 6) is -2.20. The van der Waals surface area contributed by atoms with E-state index in [0.29, 0.717) is 11.1 Å². The highest BCUT2D eigenvalue weighted by Crippen LogP contribution is 2.35. The van der Waals surface area contributed by atoms with Crippen LogP contribution < -0.4 is 15.2 Å². The van der Waals surface area contributed by atoms with Crippen LogP contribution in [0.5, 0.6) is 0 Å². The smallest absolute Gasteiger partial charge is 0.306 e. The summed E-state index contributed by atoms with van der Waals surface area (Å²) in [4.78, 5) is 40.3. The number of alkyl halides is 3. The Hall–Kier alpha value is -3.21. The van der Waals surface area contributed by atoms with Crippen molar-refractivity contribution in [2.75, 3.05) is 10.0 Å². The fourth-order valence-corrected chi connectivity index (χ4v) is 4.18. The molecule has 0 radical (unpaired) electrons. The van der Waals surface area contributed by atoms with E-state index in [1.807, 2.05) is 4.72 Å². The predicted octanol–water partition coefficient (Wildman–Crippen LogP) is 3.24. The monoisotopic (exact) mass is 549 g/mol. The van der Waals surface area contributed by atoms with Gasteiger partial charge in [0.2, 0.25) is 0 Å². The number of Topliss-reactive ketones (excluding diaryl/α,β-unsaturated/α-hetero) is 1. The number of pyridine rings is 1. The molecule has 1 unspecified atom stereocenters. The van der Waals surface area contributed by atoms with Crippen LogP contribution in [0.15, 0.2) is 30.9 Å². The minimum Gasteiger partial charge on any atom is -0.306 e. The van der Waals surface area contributed by atoms with Crippen molar-refractivity contribution >= 4 is 56.5 Å². The number of rotatable bonds is 8. The lowest BCUT2D eigenvalue weighted by molar-refractivity contribution is -0.137. The van der Waals surface area contributed by atoms with Crippen LogP contribution in [0.2, 0.25) is 5.02 Å². The summed E-state index contributed by atoms with van der Waals surface area (Å²) in [6.45, 7) is 1.67. The summed E-state index contributed by atoms with van der Waals surface area (Å²) in [6, 6.07) is 1.73. The van der Waals surface area contributed by atoms with E-state index in [9.17, 15) is 31.2 Å². The van der Waals surface area contributed by atoms with E-state index < -0.39 is 44.6 Å². The first kappa shape index (κ1) is 26.4. The number of halogens is 4. The number of carbonyl (C=O) groups is 2. The Bertz CT molecular complexity index is 1380. The SMILES string of the molecule is CC(CC(=O)c1cc(NS(N)(=O)=O)ncn1)c1ncc(C(=O)Nc2cc(C(F)(F)F)c(Cl)cn2)s1. The van der Waals surface area contributed by atoms with Crippen LogP contribution >= 0.6 is 22.9 Å². The number of amides is 1. The molecule has 0 aromatic carbocycles. The Balaban J connectivity index is 1.68. The van der Waals surface area contributed by atoms with Crippen molar-refractivity contribution < 1.29 is 31.2 Å². The second-order valence-electron chi connectivity index (χ2n) is 7.03. The average Bonchev–Trinajstić information content (AvgIpc) is 3.24. The minimum atomic E-state index is -4.72. The fraction of sp³-hybridized carbons (Fsp3) is 0.222. The Labute approximate surface area is 205 Å². The lowest BCUT2D eigenvalue weighted by atomic mass is 10.0. The van der Waals surface area contributed by atoms with Gasteiger partial charge < -0.3 is 5.32 Å². The Morgan fingerprint density at radius 3 is 2.51 bits per heavy atom. The highest BCUT2D eigenvalue weighted by Gasteiger charge is 2.34. The predicted molar refractivity (Wildman–Crippen MR) is 120 cm³/mol. The minimum absolute atomic E-state index is 0.0678. The summed E-state index contributed by atoms with van der Waals surface area (Å²) in [7, 11) is -4.09. The lowest BCUT2D eigenvalue weighted by Gasteiger charge is -2.10. The van der Waals surface area contributed by atoms with Gasteiger partial charge in [-0.2, -0.15) is 21.6 Å². The van der Waals surface area contributed by atoms with Crippen molar-refractivity contribution in [3.05, 3.63) is 57.0 Å². The number of nitrogens with zero attached hydrogens (tertiary/aromatic N) is 4. The summed E-state index contributed by atoms with van der Waals surface area (Å²) < 4.78 is 63.2. The summed E-state index contributed by atoms with van der Waals surface area (Å²) in [5, 5.41) is 6.93. The molecule has 0 saturated carbocycles. The molecular formula is C18H15ClF3N7O4S2. The third-order valence-corrected chi connectivity index (χ3v) is 6.28. The van der Waals surface area contributed by atoms with Crippen molar-refractivity contribution in [1.29, 1.82) is 0 Å². The number of carbonyl (C=O) groups excluding carboxylic acids is 2. The molecule has 3 aromatic heterocycles. The largest absolute Gasteiger partial charge is 0.418 e. The summed E-state index contributed by atoms with van der Waals surface area (Å²) in [6.07, 6.45) is -1.82. The maximum absolute atomic E-state index is 13.0. The Morgan fingerprint density at radius 1 is 1.14 bits per heavy atom. The van der Waals surface area contributed by atoms with Gasteiger partial charge in [0.1, 0.15) is 28.5 Å². The van der Waals surface area contributed by atoms with Crippen LogP contribution in [0.4, 0.5) is 24.8 Å². The van der Waals surface area contributed by atoms with Gasteiger partial charge in [-0.25, -0.2) is 25.1 Å². The van der Waals surface area contributed by atoms with Crippen LogP contribution in [0.25, 0.3) is 0 Å². The number of thiazole rings is 1. The number of anilines is 2. The highest BCUT2D eigenvalue weighted by molar-refractivity contribution is 7.90. The quantitative estimate of drug-likeness (QED) is 0.359. The van der Waals surface area contributed by atoms with E-state index in [1.54, 1.807) is 6.92 Å². The average molecular weight is 550 g/mol. The van der Waals surface area contributed by atoms with Gasteiger partial charge in [0.15, 0.2) is 5.78 Å². The molecule has 0 aliphatic rings. The van der Waals surface area contributed by atoms with Gasteiger partial charge in [-0.3, -0.25) is 14.3 Å². The molecule has 0 fully saturated rings. The molecule has 0 saturated heterocycles. The molecule has 1 amide bonds. The molecule has 11 nitrogen and oxygen atoms in total. The van der Waals surface area contributed by atoms with Crippen LogP contribution in [0.3, 0.4) is 0 Å². The molecule has 186 valence electrons. The van der Waals surface area contributed by atoms with Crippen molar-refractivity contribution in [2.45, 2.75) is 25.4 Å². The van der Waals surface area contributed by atoms with Gasteiger partial charge in [0, 0.05) is 24.6 Å². The molecule has 0 spiro atoms. The third-order valence-electron chi connectivity index (χ3n) is 4.26. The van der Waals surface area contributed by atoms with E-state index in [0.717, 1.165) is 29.9 Å². The molecule has 3 aromatic rings. The number of nitrogens with two attached hydrogens (primary N) is 1. The van der Waals surface area contributed by atoms with E-state index in [4.69, 9.17) is 16.7 Å². The van der Waals surface area contributed by atoms with Gasteiger partial charge in [-0.15, -0.1) is 11.3 Å². The molecule has 0 bridgehead atoms. The van der Waals surface area contributed by atoms with Crippen LogP contribution in [0, 0.1) is 0 Å². The number of hydrogen-bond acceptors (Lipinski definition) is 9. The van der Waals surface area contributed by atoms with Crippen molar-refractivity contribution in [2.24, 2.45) is 5.14 Å². The molecular weight excluding hydrogens is 535 g/mol. The molecule has 4 N–H and O–H groups in total. The number of ketones is 1. The molecule has 17 heteroatoms. The van der Waals surface area contributed by atoms with Gasteiger partial charge >= 0.3 is 6.18 Å². The first-order valence-electron chi connectivity index (χ1n) is 9.38. The third kappa shape index (κ3) is 7.14. The Morgan fingerprint density at radius 2 is 1.86 bits per heavy atom. The Kier molecular flexibility index (Phi) is 7.68. The van der Waals surface area contributed by atoms with Crippen molar-refractivity contribution in [1.82, 2.24) is 19.9 Å². The standard InChI is InChI=1S/C18H15ClF3N7O4S2/c1-8(2-12(30)11-4-15(27-7-26-11)29-35(23,32)33)17-25-6-13(34-17)16(31)28-14-3-9(18(20,21)22)10(19)5-24-14/h3-8H,2H2,1H3,(H2,23,32,33)(H,24,28,31)(H,26,27,29). The highest BCUT2D eigenvalue weighted by atomic mass is 35.5. The molecule has 3 rings (SSSR count). The van der Waals surface area contributed by atoms with Crippen LogP contribution in [-0.4, -0.2) is 40.0 Å².